The van der Waals surface area contributed by atoms with E-state index in [0.29, 0.717) is 0 Å². The van der Waals surface area contributed by atoms with Crippen molar-refractivity contribution >= 4 is 17.7 Å². The van der Waals surface area contributed by atoms with Crippen LogP contribution in [0, 0.1) is 0 Å². The van der Waals surface area contributed by atoms with E-state index in [1.807, 2.05) is 42.1 Å². The number of hydrogen-bond acceptors (Lipinski definition) is 5. The quantitative estimate of drug-likeness (QED) is 0.349. The van der Waals surface area contributed by atoms with E-state index in [-0.39, 0.29) is 30.9 Å². The first kappa shape index (κ1) is 23.3. The number of thioether (sulfide) groups is 1. The molecule has 0 saturated carbocycles. The molecule has 6 rings (SSSR count). The molecule has 3 aliphatic heterocycles. The number of carbonyl (C=O) groups is 1. The highest BCUT2D eigenvalue weighted by molar-refractivity contribution is 7.98. The summed E-state index contributed by atoms with van der Waals surface area (Å²) in [5.41, 5.74) is 3.44. The first-order valence-corrected chi connectivity index (χ1v) is 14.0. The van der Waals surface area contributed by atoms with Crippen molar-refractivity contribution in [3.8, 4) is 17.2 Å². The number of fused-ring (bicyclic) bond motifs is 3. The minimum absolute atomic E-state index is 0.113. The van der Waals surface area contributed by atoms with E-state index < -0.39 is 0 Å². The number of nitrogens with zero attached hydrogens (tertiary/aromatic N) is 1. The van der Waals surface area contributed by atoms with Crippen LogP contribution in [0.15, 0.2) is 72.8 Å². The zero-order valence-corrected chi connectivity index (χ0v) is 21.1. The van der Waals surface area contributed by atoms with Gasteiger partial charge in [-0.2, -0.15) is 11.8 Å². The van der Waals surface area contributed by atoms with E-state index in [1.54, 1.807) is 0 Å². The Labute approximate surface area is 216 Å². The lowest BCUT2D eigenvalue weighted by Crippen LogP contribution is -2.49. The molecule has 1 amide bonds. The summed E-state index contributed by atoms with van der Waals surface area (Å²) in [6.45, 7) is 0.261. The Morgan fingerprint density at radius 1 is 0.889 bits per heavy atom. The zero-order chi connectivity index (χ0) is 24.3. The molecule has 3 aliphatic rings. The maximum atomic E-state index is 13.4. The van der Waals surface area contributed by atoms with Crippen LogP contribution in [0.25, 0.3) is 0 Å². The van der Waals surface area contributed by atoms with Crippen LogP contribution in [0.3, 0.4) is 0 Å². The molecule has 6 heteroatoms. The third-order valence-corrected chi connectivity index (χ3v) is 8.45. The van der Waals surface area contributed by atoms with Crippen LogP contribution in [-0.2, 0) is 12.2 Å². The first-order chi connectivity index (χ1) is 17.7. The van der Waals surface area contributed by atoms with E-state index in [0.717, 1.165) is 66.4 Å². The summed E-state index contributed by atoms with van der Waals surface area (Å²) < 4.78 is 17.2. The van der Waals surface area contributed by atoms with Gasteiger partial charge >= 0.3 is 0 Å². The minimum atomic E-state index is 0.113. The number of ether oxygens (including phenoxy) is 3. The van der Waals surface area contributed by atoms with Crippen LogP contribution >= 0.6 is 11.8 Å². The molecular formula is C30H31NO4S. The molecule has 2 atom stereocenters. The van der Waals surface area contributed by atoms with Crippen LogP contribution in [0.2, 0.25) is 0 Å². The molecule has 3 aromatic carbocycles. The fourth-order valence-electron chi connectivity index (χ4n) is 5.61. The summed E-state index contributed by atoms with van der Waals surface area (Å²) in [5.74, 6) is 4.53. The van der Waals surface area contributed by atoms with Crippen molar-refractivity contribution in [3.63, 3.8) is 0 Å². The van der Waals surface area contributed by atoms with Gasteiger partial charge in [-0.25, -0.2) is 0 Å². The Morgan fingerprint density at radius 2 is 1.64 bits per heavy atom. The molecule has 0 aliphatic carbocycles. The van der Waals surface area contributed by atoms with Gasteiger partial charge in [0.05, 0.1) is 0 Å². The molecule has 2 saturated heterocycles. The number of piperidine rings is 1. The van der Waals surface area contributed by atoms with Gasteiger partial charge in [0.25, 0.3) is 5.91 Å². The van der Waals surface area contributed by atoms with E-state index >= 15 is 0 Å². The van der Waals surface area contributed by atoms with E-state index in [2.05, 4.69) is 47.4 Å². The Morgan fingerprint density at radius 3 is 2.42 bits per heavy atom. The Bertz CT molecular complexity index is 1190. The number of aryl methyl sites for hydroxylation is 1. The molecule has 0 radical (unpaired) electrons. The molecule has 3 aromatic rings. The number of carbonyl (C=O) groups excluding carboxylic acids is 1. The van der Waals surface area contributed by atoms with Crippen LogP contribution in [-0.4, -0.2) is 41.5 Å². The molecular weight excluding hydrogens is 470 g/mol. The van der Waals surface area contributed by atoms with Gasteiger partial charge in [-0.15, -0.1) is 0 Å². The minimum Gasteiger partial charge on any atom is -0.490 e. The van der Waals surface area contributed by atoms with Crippen LogP contribution in [0.4, 0.5) is 0 Å². The van der Waals surface area contributed by atoms with E-state index in [1.165, 1.54) is 11.1 Å². The molecule has 0 spiro atoms. The van der Waals surface area contributed by atoms with Gasteiger partial charge in [0, 0.05) is 42.3 Å². The van der Waals surface area contributed by atoms with Crippen LogP contribution in [0.5, 0.6) is 17.2 Å². The second-order valence-corrected chi connectivity index (χ2v) is 10.9. The molecule has 2 unspecified atom stereocenters. The van der Waals surface area contributed by atoms with Gasteiger partial charge in [-0.1, -0.05) is 42.5 Å². The van der Waals surface area contributed by atoms with Crippen LogP contribution < -0.4 is 14.2 Å². The second-order valence-electron chi connectivity index (χ2n) is 9.81. The largest absolute Gasteiger partial charge is 0.490 e. The SMILES string of the molecule is O=C(c1ccc(CSCCc2ccccc2)cc1)N1C2CCC1CC(Oc1ccc3c(c1)OCO3)C2. The highest BCUT2D eigenvalue weighted by atomic mass is 32.2. The summed E-state index contributed by atoms with van der Waals surface area (Å²) in [7, 11) is 0. The Kier molecular flexibility index (Phi) is 6.77. The fourth-order valence-corrected chi connectivity index (χ4v) is 6.57. The number of benzene rings is 3. The highest BCUT2D eigenvalue weighted by Gasteiger charge is 2.44. The summed E-state index contributed by atoms with van der Waals surface area (Å²) in [6.07, 6.45) is 5.03. The maximum absolute atomic E-state index is 13.4. The number of rotatable bonds is 8. The normalized spacial score (nSPS) is 22.0. The summed E-state index contributed by atoms with van der Waals surface area (Å²) in [5, 5.41) is 0. The lowest BCUT2D eigenvalue weighted by atomic mass is 9.98. The molecule has 36 heavy (non-hydrogen) atoms. The molecule has 0 aromatic heterocycles. The van der Waals surface area contributed by atoms with Crippen molar-refractivity contribution in [1.82, 2.24) is 4.90 Å². The molecule has 186 valence electrons. The van der Waals surface area contributed by atoms with Crippen molar-refractivity contribution in [2.75, 3.05) is 12.5 Å². The molecule has 2 bridgehead atoms. The highest BCUT2D eigenvalue weighted by Crippen LogP contribution is 2.40. The Balaban J connectivity index is 1.02. The second kappa shape index (κ2) is 10.5. The van der Waals surface area contributed by atoms with Crippen molar-refractivity contribution < 1.29 is 19.0 Å². The van der Waals surface area contributed by atoms with Crippen LogP contribution in [0.1, 0.15) is 47.2 Å². The van der Waals surface area contributed by atoms with Crippen molar-refractivity contribution in [2.24, 2.45) is 0 Å². The lowest BCUT2D eigenvalue weighted by Gasteiger charge is -2.39. The monoisotopic (exact) mass is 501 g/mol. The first-order valence-electron chi connectivity index (χ1n) is 12.8. The van der Waals surface area contributed by atoms with Gasteiger partial charge < -0.3 is 19.1 Å². The standard InChI is InChI=1S/C30H31NO4S/c32-30(23-8-6-22(7-9-23)19-36-15-14-21-4-2-1-3-5-21)31-24-10-11-25(31)17-27(16-24)35-26-12-13-28-29(18-26)34-20-33-28/h1-9,12-13,18,24-25,27H,10-11,14-17,19-20H2. The molecule has 2 fully saturated rings. The third kappa shape index (κ3) is 5.05. The zero-order valence-electron chi connectivity index (χ0n) is 20.3. The molecule has 3 heterocycles. The van der Waals surface area contributed by atoms with Crippen molar-refractivity contribution in [3.05, 3.63) is 89.5 Å². The summed E-state index contributed by atoms with van der Waals surface area (Å²) in [6, 6.07) is 25.1. The third-order valence-electron chi connectivity index (χ3n) is 7.42. The summed E-state index contributed by atoms with van der Waals surface area (Å²) in [4.78, 5) is 15.6. The molecule has 5 nitrogen and oxygen atoms in total. The van der Waals surface area contributed by atoms with Gasteiger partial charge in [0.1, 0.15) is 11.9 Å². The fraction of sp³-hybridized carbons (Fsp3) is 0.367. The Hall–Kier alpha value is -3.12. The predicted octanol–water partition coefficient (Wildman–Crippen LogP) is 6.11. The topological polar surface area (TPSA) is 48.0 Å². The van der Waals surface area contributed by atoms with Gasteiger partial charge in [0.2, 0.25) is 6.79 Å². The maximum Gasteiger partial charge on any atom is 0.254 e. The smallest absolute Gasteiger partial charge is 0.254 e. The van der Waals surface area contributed by atoms with Gasteiger partial charge in [-0.05, 0) is 60.4 Å². The number of hydrogen-bond donors (Lipinski definition) is 0. The van der Waals surface area contributed by atoms with Crippen molar-refractivity contribution in [1.29, 1.82) is 0 Å². The van der Waals surface area contributed by atoms with E-state index in [4.69, 9.17) is 14.2 Å². The summed E-state index contributed by atoms with van der Waals surface area (Å²) >= 11 is 1.94. The molecule has 0 N–H and O–H groups in total. The average molecular weight is 502 g/mol. The average Bonchev–Trinajstić information content (AvgIpc) is 3.48. The van der Waals surface area contributed by atoms with Crippen molar-refractivity contribution in [2.45, 2.75) is 56.0 Å². The predicted molar refractivity (Wildman–Crippen MR) is 142 cm³/mol. The van der Waals surface area contributed by atoms with E-state index in [9.17, 15) is 4.79 Å². The number of amides is 1. The lowest BCUT2D eigenvalue weighted by molar-refractivity contribution is 0.0358. The van der Waals surface area contributed by atoms with Gasteiger partial charge in [0.15, 0.2) is 11.5 Å². The van der Waals surface area contributed by atoms with Gasteiger partial charge in [-0.3, -0.25) is 4.79 Å².